The minimum absolute atomic E-state index is 0.00147. The summed E-state index contributed by atoms with van der Waals surface area (Å²) in [6.45, 7) is 0.969. The van der Waals surface area contributed by atoms with Gasteiger partial charge in [0.25, 0.3) is 6.43 Å². The first-order chi connectivity index (χ1) is 19.5. The lowest BCUT2D eigenvalue weighted by atomic mass is 9.96. The number of H-pyrrole nitrogens is 1. The molecule has 1 aliphatic rings. The lowest BCUT2D eigenvalue weighted by molar-refractivity contribution is -0.192. The molecule has 0 aliphatic carbocycles. The quantitative estimate of drug-likeness (QED) is 0.320. The summed E-state index contributed by atoms with van der Waals surface area (Å²) in [5.74, 6) is -2.56. The number of aliphatic carboxylic acids is 1. The first-order valence-electron chi connectivity index (χ1n) is 11.8. The number of carbonyl (C=O) groups is 1. The highest BCUT2D eigenvalue weighted by molar-refractivity contribution is 5.90. The van der Waals surface area contributed by atoms with Crippen LogP contribution in [0.3, 0.4) is 0 Å². The maximum atomic E-state index is 13.3. The fraction of sp³-hybridized carbons (Fsp3) is 0.333. The summed E-state index contributed by atoms with van der Waals surface area (Å²) in [6.07, 6.45) is 0.864. The number of nitriles is 2. The molecule has 1 fully saturated rings. The monoisotopic (exact) mass is 574 g/mol. The molecule has 2 atom stereocenters. The van der Waals surface area contributed by atoms with Crippen molar-refractivity contribution in [1.82, 2.24) is 34.7 Å². The number of alkyl halides is 5. The van der Waals surface area contributed by atoms with Crippen LogP contribution in [-0.2, 0) is 4.79 Å². The van der Waals surface area contributed by atoms with E-state index in [1.54, 1.807) is 22.0 Å². The highest BCUT2D eigenvalue weighted by Gasteiger charge is 2.38. The molecule has 41 heavy (non-hydrogen) atoms. The lowest BCUT2D eigenvalue weighted by Gasteiger charge is -2.23. The van der Waals surface area contributed by atoms with Crippen molar-refractivity contribution in [2.24, 2.45) is 5.92 Å². The van der Waals surface area contributed by atoms with Crippen molar-refractivity contribution in [3.8, 4) is 23.4 Å². The number of rotatable bonds is 6. The molecule has 0 amide bonds. The van der Waals surface area contributed by atoms with Gasteiger partial charge in [0.15, 0.2) is 0 Å². The van der Waals surface area contributed by atoms with Gasteiger partial charge in [-0.2, -0.15) is 28.8 Å². The molecule has 0 radical (unpaired) electrons. The van der Waals surface area contributed by atoms with E-state index in [-0.39, 0.29) is 29.8 Å². The zero-order valence-corrected chi connectivity index (χ0v) is 20.8. The van der Waals surface area contributed by atoms with Crippen LogP contribution >= 0.6 is 0 Å². The third-order valence-corrected chi connectivity index (χ3v) is 6.36. The number of nitrogens with one attached hydrogen (secondary N) is 1. The van der Waals surface area contributed by atoms with Crippen molar-refractivity contribution < 1.29 is 31.9 Å². The predicted octanol–water partition coefficient (Wildman–Crippen LogP) is 4.04. The van der Waals surface area contributed by atoms with Crippen LogP contribution < -0.4 is 4.90 Å². The largest absolute Gasteiger partial charge is 0.490 e. The molecule has 0 saturated carbocycles. The number of aromatic amines is 1. The van der Waals surface area contributed by atoms with Gasteiger partial charge in [-0.15, -0.1) is 0 Å². The molecule has 12 nitrogen and oxygen atoms in total. The third-order valence-electron chi connectivity index (χ3n) is 6.36. The number of anilines is 1. The minimum atomic E-state index is -5.08. The number of carboxylic acid groups (broad SMARTS) is 1. The highest BCUT2D eigenvalue weighted by atomic mass is 19.4. The standard InChI is InChI=1S/C22H18F2N10.C2HF3O2/c23-20(24)19-16(7-26)22(31-12-29-19)33-6-3-13(9-33)17(1-4-25)34-10-14(8-32-34)18-15-2-5-27-21(15)30-11-28-18;3-2(4,5)1(6)7/h2,5,8,10-13,17,20H,1,3,6,9H2,(H,27,28,30);(H,6,7)/t13-,17-;/m0./s1. The Morgan fingerprint density at radius 1 is 1.20 bits per heavy atom. The number of fused-ring (bicyclic) bond motifs is 1. The van der Waals surface area contributed by atoms with Crippen molar-refractivity contribution in [2.75, 3.05) is 18.0 Å². The number of hydrogen-bond acceptors (Lipinski definition) is 9. The van der Waals surface area contributed by atoms with Crippen LogP contribution in [0, 0.1) is 28.6 Å². The van der Waals surface area contributed by atoms with E-state index in [9.17, 15) is 32.5 Å². The van der Waals surface area contributed by atoms with Gasteiger partial charge in [0.2, 0.25) is 0 Å². The number of nitrogens with zero attached hydrogens (tertiary/aromatic N) is 9. The lowest BCUT2D eigenvalue weighted by Crippen LogP contribution is -2.26. The van der Waals surface area contributed by atoms with E-state index in [4.69, 9.17) is 9.90 Å². The number of hydrogen-bond donors (Lipinski definition) is 2. The Morgan fingerprint density at radius 2 is 1.93 bits per heavy atom. The molecule has 5 heterocycles. The van der Waals surface area contributed by atoms with Gasteiger partial charge in [0.1, 0.15) is 41.4 Å². The van der Waals surface area contributed by atoms with Gasteiger partial charge < -0.3 is 15.0 Å². The van der Waals surface area contributed by atoms with Gasteiger partial charge >= 0.3 is 12.1 Å². The molecule has 5 rings (SSSR count). The summed E-state index contributed by atoms with van der Waals surface area (Å²) in [5, 5.41) is 31.4. The second kappa shape index (κ2) is 11.9. The van der Waals surface area contributed by atoms with E-state index in [1.165, 1.54) is 6.33 Å². The summed E-state index contributed by atoms with van der Waals surface area (Å²) in [5.41, 5.74) is 1.48. The van der Waals surface area contributed by atoms with Crippen molar-refractivity contribution in [3.63, 3.8) is 0 Å². The van der Waals surface area contributed by atoms with Crippen molar-refractivity contribution in [1.29, 1.82) is 10.5 Å². The van der Waals surface area contributed by atoms with Crippen LogP contribution in [0.2, 0.25) is 0 Å². The van der Waals surface area contributed by atoms with Gasteiger partial charge in [-0.25, -0.2) is 33.5 Å². The summed E-state index contributed by atoms with van der Waals surface area (Å²) < 4.78 is 60.1. The van der Waals surface area contributed by atoms with Gasteiger partial charge in [-0.3, -0.25) is 4.68 Å². The number of aromatic nitrogens is 7. The first-order valence-corrected chi connectivity index (χ1v) is 11.8. The summed E-state index contributed by atoms with van der Waals surface area (Å²) >= 11 is 0. The molecule has 0 aromatic carbocycles. The second-order valence-corrected chi connectivity index (χ2v) is 8.77. The zero-order chi connectivity index (χ0) is 29.7. The SMILES string of the molecule is N#CC[C@@H]([C@H]1CCN(c2ncnc(C(F)F)c2C#N)C1)n1cc(-c2ncnc3[nH]ccc23)cn1.O=C(O)C(F)(F)F. The van der Waals surface area contributed by atoms with Crippen LogP contribution in [0.4, 0.5) is 27.8 Å². The fourth-order valence-electron chi connectivity index (χ4n) is 4.51. The molecule has 1 saturated heterocycles. The molecular formula is C24H19F5N10O2. The Hall–Kier alpha value is -5.19. The van der Waals surface area contributed by atoms with E-state index in [2.05, 4.69) is 36.1 Å². The Kier molecular flexibility index (Phi) is 8.37. The Balaban J connectivity index is 0.000000493. The van der Waals surface area contributed by atoms with Crippen LogP contribution in [0.5, 0.6) is 0 Å². The first kappa shape index (κ1) is 28.8. The van der Waals surface area contributed by atoms with Crippen LogP contribution in [0.15, 0.2) is 37.3 Å². The topological polar surface area (TPSA) is 173 Å². The smallest absolute Gasteiger partial charge is 0.475 e. The minimum Gasteiger partial charge on any atom is -0.475 e. The maximum absolute atomic E-state index is 13.3. The van der Waals surface area contributed by atoms with Gasteiger partial charge in [-0.1, -0.05) is 0 Å². The predicted molar refractivity (Wildman–Crippen MR) is 130 cm³/mol. The normalized spacial score (nSPS) is 15.7. The molecule has 1 aliphatic heterocycles. The zero-order valence-electron chi connectivity index (χ0n) is 20.8. The van der Waals surface area contributed by atoms with E-state index in [0.29, 0.717) is 19.5 Å². The van der Waals surface area contributed by atoms with Gasteiger partial charge in [0.05, 0.1) is 30.4 Å². The number of halogens is 5. The van der Waals surface area contributed by atoms with Gasteiger partial charge in [-0.05, 0) is 12.5 Å². The van der Waals surface area contributed by atoms with Gasteiger partial charge in [0, 0.05) is 42.4 Å². The molecule has 4 aromatic rings. The van der Waals surface area contributed by atoms with Crippen LogP contribution in [0.25, 0.3) is 22.3 Å². The maximum Gasteiger partial charge on any atom is 0.490 e. The van der Waals surface area contributed by atoms with E-state index >= 15 is 0 Å². The molecule has 0 bridgehead atoms. The fourth-order valence-corrected chi connectivity index (χ4v) is 4.51. The molecular weight excluding hydrogens is 555 g/mol. The highest BCUT2D eigenvalue weighted by Crippen LogP contribution is 2.35. The molecule has 0 unspecified atom stereocenters. The Bertz CT molecular complexity index is 1620. The van der Waals surface area contributed by atoms with Crippen molar-refractivity contribution in [3.05, 3.63) is 48.6 Å². The molecule has 2 N–H and O–H groups in total. The average molecular weight is 574 g/mol. The Labute approximate surface area is 227 Å². The van der Waals surface area contributed by atoms with Crippen molar-refractivity contribution in [2.45, 2.75) is 31.5 Å². The third kappa shape index (κ3) is 6.19. The Morgan fingerprint density at radius 3 is 2.59 bits per heavy atom. The summed E-state index contributed by atoms with van der Waals surface area (Å²) in [6, 6.07) is 5.71. The molecule has 4 aromatic heterocycles. The summed E-state index contributed by atoms with van der Waals surface area (Å²) in [7, 11) is 0. The van der Waals surface area contributed by atoms with E-state index < -0.39 is 24.3 Å². The molecule has 212 valence electrons. The van der Waals surface area contributed by atoms with E-state index in [0.717, 1.165) is 28.6 Å². The van der Waals surface area contributed by atoms with Crippen LogP contribution in [0.1, 0.15) is 36.6 Å². The summed E-state index contributed by atoms with van der Waals surface area (Å²) in [4.78, 5) is 30.1. The molecule has 0 spiro atoms. The van der Waals surface area contributed by atoms with E-state index in [1.807, 2.05) is 18.3 Å². The van der Waals surface area contributed by atoms with Crippen molar-refractivity contribution >= 4 is 22.8 Å². The second-order valence-electron chi connectivity index (χ2n) is 8.77. The molecule has 17 heteroatoms. The van der Waals surface area contributed by atoms with Crippen LogP contribution in [-0.4, -0.2) is 65.0 Å². The number of carboxylic acids is 1. The average Bonchev–Trinajstić information content (AvgIpc) is 3.72.